The Hall–Kier alpha value is -3.28. The van der Waals surface area contributed by atoms with E-state index >= 15 is 0 Å². The Morgan fingerprint density at radius 3 is 2.23 bits per heavy atom. The normalized spacial score (nSPS) is 18.2. The highest BCUT2D eigenvalue weighted by atomic mass is 16.5. The Labute approximate surface area is 176 Å². The summed E-state index contributed by atoms with van der Waals surface area (Å²) >= 11 is 0. The van der Waals surface area contributed by atoms with Crippen molar-refractivity contribution in [2.24, 2.45) is 5.92 Å². The molecule has 1 heterocycles. The van der Waals surface area contributed by atoms with Crippen molar-refractivity contribution >= 4 is 17.4 Å². The molecule has 0 aliphatic carbocycles. The molecule has 1 amide bonds. The van der Waals surface area contributed by atoms with E-state index in [4.69, 9.17) is 9.47 Å². The molecule has 0 saturated carbocycles. The average Bonchev–Trinajstić information content (AvgIpc) is 2.97. The highest BCUT2D eigenvalue weighted by Gasteiger charge is 2.46. The van der Waals surface area contributed by atoms with Gasteiger partial charge in [0.25, 0.3) is 11.7 Å². The van der Waals surface area contributed by atoms with Crippen molar-refractivity contribution in [3.63, 3.8) is 0 Å². The molecule has 30 heavy (non-hydrogen) atoms. The summed E-state index contributed by atoms with van der Waals surface area (Å²) in [5, 5.41) is 11.0. The van der Waals surface area contributed by atoms with Gasteiger partial charge in [0.1, 0.15) is 5.76 Å². The summed E-state index contributed by atoms with van der Waals surface area (Å²) in [4.78, 5) is 27.4. The standard InChI is InChI=1S/C24H27NO5/c1-14(2)13-25-21(17-10-11-18(29-4)19(12-17)30-5)20(23(27)24(25)28)22(26)16-8-6-15(3)7-9-16/h6-12,14,21,26H,13H2,1-5H3/t21-/m1/s1. The number of Topliss-reactive ketones (excluding diaryl/α,β-unsaturated/α-hetero) is 1. The quantitative estimate of drug-likeness (QED) is 0.442. The third-order valence-electron chi connectivity index (χ3n) is 5.15. The van der Waals surface area contributed by atoms with Gasteiger partial charge in [0.2, 0.25) is 0 Å². The minimum Gasteiger partial charge on any atom is -0.507 e. The number of methoxy groups -OCH3 is 2. The summed E-state index contributed by atoms with van der Waals surface area (Å²) in [5.74, 6) is -0.309. The second-order valence-electron chi connectivity index (χ2n) is 7.83. The van der Waals surface area contributed by atoms with E-state index in [0.29, 0.717) is 29.2 Å². The number of carbonyl (C=O) groups excluding carboxylic acids is 2. The Morgan fingerprint density at radius 1 is 1.03 bits per heavy atom. The van der Waals surface area contributed by atoms with E-state index in [2.05, 4.69) is 0 Å². The number of benzene rings is 2. The number of aliphatic hydroxyl groups excluding tert-OH is 1. The Balaban J connectivity index is 2.21. The van der Waals surface area contributed by atoms with E-state index in [1.54, 1.807) is 37.4 Å². The second-order valence-corrected chi connectivity index (χ2v) is 7.83. The number of aryl methyl sites for hydroxylation is 1. The van der Waals surface area contributed by atoms with E-state index < -0.39 is 17.7 Å². The molecular formula is C24H27NO5. The maximum Gasteiger partial charge on any atom is 0.295 e. The third-order valence-corrected chi connectivity index (χ3v) is 5.15. The number of ketones is 1. The zero-order chi connectivity index (χ0) is 22.0. The molecule has 1 aliphatic rings. The summed E-state index contributed by atoms with van der Waals surface area (Å²) in [5.41, 5.74) is 2.27. The van der Waals surface area contributed by atoms with Gasteiger partial charge < -0.3 is 19.5 Å². The van der Waals surface area contributed by atoms with Gasteiger partial charge in [-0.3, -0.25) is 9.59 Å². The molecule has 0 bridgehead atoms. The van der Waals surface area contributed by atoms with Crippen molar-refractivity contribution in [3.05, 3.63) is 64.7 Å². The number of ether oxygens (including phenoxy) is 2. The molecule has 158 valence electrons. The summed E-state index contributed by atoms with van der Waals surface area (Å²) in [7, 11) is 3.07. The molecule has 1 atom stereocenters. The highest BCUT2D eigenvalue weighted by molar-refractivity contribution is 6.46. The van der Waals surface area contributed by atoms with Gasteiger partial charge >= 0.3 is 0 Å². The number of carbonyl (C=O) groups is 2. The van der Waals surface area contributed by atoms with Crippen LogP contribution in [0.5, 0.6) is 11.5 Å². The fourth-order valence-corrected chi connectivity index (χ4v) is 3.70. The van der Waals surface area contributed by atoms with Gasteiger partial charge in [-0.25, -0.2) is 0 Å². The van der Waals surface area contributed by atoms with Crippen LogP contribution >= 0.6 is 0 Å². The van der Waals surface area contributed by atoms with Crippen LogP contribution < -0.4 is 9.47 Å². The van der Waals surface area contributed by atoms with Crippen molar-refractivity contribution in [3.8, 4) is 11.5 Å². The topological polar surface area (TPSA) is 76.1 Å². The van der Waals surface area contributed by atoms with Crippen LogP contribution in [-0.4, -0.2) is 42.5 Å². The van der Waals surface area contributed by atoms with Crippen LogP contribution in [0.25, 0.3) is 5.76 Å². The van der Waals surface area contributed by atoms with Crippen LogP contribution in [0.4, 0.5) is 0 Å². The lowest BCUT2D eigenvalue weighted by Crippen LogP contribution is -2.33. The van der Waals surface area contributed by atoms with Gasteiger partial charge in [-0.15, -0.1) is 0 Å². The number of rotatable bonds is 6. The summed E-state index contributed by atoms with van der Waals surface area (Å²) < 4.78 is 10.7. The maximum absolute atomic E-state index is 13.0. The monoisotopic (exact) mass is 409 g/mol. The molecule has 0 radical (unpaired) electrons. The van der Waals surface area contributed by atoms with E-state index in [1.165, 1.54) is 12.0 Å². The predicted molar refractivity (Wildman–Crippen MR) is 115 cm³/mol. The molecule has 3 rings (SSSR count). The van der Waals surface area contributed by atoms with Crippen LogP contribution in [0.1, 0.15) is 36.6 Å². The molecule has 0 aromatic heterocycles. The van der Waals surface area contributed by atoms with Crippen molar-refractivity contribution in [2.75, 3.05) is 20.8 Å². The van der Waals surface area contributed by atoms with Crippen LogP contribution in [0.3, 0.4) is 0 Å². The first-order valence-electron chi connectivity index (χ1n) is 9.85. The van der Waals surface area contributed by atoms with E-state index in [-0.39, 0.29) is 17.3 Å². The first-order valence-corrected chi connectivity index (χ1v) is 9.85. The van der Waals surface area contributed by atoms with Crippen molar-refractivity contribution in [1.29, 1.82) is 0 Å². The molecule has 0 spiro atoms. The smallest absolute Gasteiger partial charge is 0.295 e. The van der Waals surface area contributed by atoms with Gasteiger partial charge in [0.05, 0.1) is 25.8 Å². The fourth-order valence-electron chi connectivity index (χ4n) is 3.70. The molecule has 1 aliphatic heterocycles. The molecule has 2 aromatic carbocycles. The second kappa shape index (κ2) is 8.61. The summed E-state index contributed by atoms with van der Waals surface area (Å²) in [6.07, 6.45) is 0. The Bertz CT molecular complexity index is 991. The predicted octanol–water partition coefficient (Wildman–Crippen LogP) is 4.09. The molecule has 6 nitrogen and oxygen atoms in total. The molecule has 2 aromatic rings. The van der Waals surface area contributed by atoms with Gasteiger partial charge in [-0.2, -0.15) is 0 Å². The molecule has 1 N–H and O–H groups in total. The first kappa shape index (κ1) is 21.4. The van der Waals surface area contributed by atoms with Gasteiger partial charge in [0.15, 0.2) is 11.5 Å². The SMILES string of the molecule is COc1ccc([C@@H]2C(=C(O)c3ccc(C)cc3)C(=O)C(=O)N2CC(C)C)cc1OC. The molecule has 0 unspecified atom stereocenters. The number of nitrogens with zero attached hydrogens (tertiary/aromatic N) is 1. The largest absolute Gasteiger partial charge is 0.507 e. The van der Waals surface area contributed by atoms with Crippen molar-refractivity contribution in [1.82, 2.24) is 4.90 Å². The lowest BCUT2D eigenvalue weighted by molar-refractivity contribution is -0.140. The number of likely N-dealkylation sites (tertiary alicyclic amines) is 1. The van der Waals surface area contributed by atoms with Crippen LogP contribution in [0.2, 0.25) is 0 Å². The third kappa shape index (κ3) is 3.90. The Kier molecular flexibility index (Phi) is 6.15. The number of hydrogen-bond donors (Lipinski definition) is 1. The van der Waals surface area contributed by atoms with Gasteiger partial charge in [-0.05, 0) is 30.5 Å². The minimum atomic E-state index is -0.714. The van der Waals surface area contributed by atoms with Gasteiger partial charge in [-0.1, -0.05) is 49.7 Å². The summed E-state index contributed by atoms with van der Waals surface area (Å²) in [6.45, 7) is 6.28. The number of aliphatic hydroxyl groups is 1. The fraction of sp³-hybridized carbons (Fsp3) is 0.333. The zero-order valence-electron chi connectivity index (χ0n) is 17.9. The summed E-state index contributed by atoms with van der Waals surface area (Å²) in [6, 6.07) is 11.7. The van der Waals surface area contributed by atoms with Crippen LogP contribution in [0.15, 0.2) is 48.0 Å². The average molecular weight is 409 g/mol. The van der Waals surface area contributed by atoms with Crippen LogP contribution in [0, 0.1) is 12.8 Å². The molecular weight excluding hydrogens is 382 g/mol. The van der Waals surface area contributed by atoms with Crippen molar-refractivity contribution in [2.45, 2.75) is 26.8 Å². The van der Waals surface area contributed by atoms with E-state index in [9.17, 15) is 14.7 Å². The van der Waals surface area contributed by atoms with Crippen molar-refractivity contribution < 1.29 is 24.2 Å². The lowest BCUT2D eigenvalue weighted by Gasteiger charge is -2.27. The maximum atomic E-state index is 13.0. The molecule has 1 saturated heterocycles. The van der Waals surface area contributed by atoms with E-state index in [1.807, 2.05) is 32.9 Å². The molecule has 1 fully saturated rings. The van der Waals surface area contributed by atoms with Crippen LogP contribution in [-0.2, 0) is 9.59 Å². The Morgan fingerprint density at radius 2 is 1.67 bits per heavy atom. The highest BCUT2D eigenvalue weighted by Crippen LogP contribution is 2.42. The first-order chi connectivity index (χ1) is 14.3. The van der Waals surface area contributed by atoms with E-state index in [0.717, 1.165) is 5.56 Å². The minimum absolute atomic E-state index is 0.0803. The lowest BCUT2D eigenvalue weighted by atomic mass is 9.94. The zero-order valence-corrected chi connectivity index (χ0v) is 17.9. The number of hydrogen-bond acceptors (Lipinski definition) is 5. The number of amides is 1. The molecule has 6 heteroatoms. The van der Waals surface area contributed by atoms with Gasteiger partial charge in [0, 0.05) is 12.1 Å².